The van der Waals surface area contributed by atoms with Crippen LogP contribution >= 0.6 is 15.9 Å². The summed E-state index contributed by atoms with van der Waals surface area (Å²) >= 11 is 3.02. The molecule has 0 N–H and O–H groups in total. The molecule has 0 aliphatic heterocycles. The maximum Gasteiger partial charge on any atom is 0.347 e. The van der Waals surface area contributed by atoms with Crippen LogP contribution < -0.4 is 11.3 Å². The molecule has 5 nitrogen and oxygen atoms in total. The fourth-order valence-corrected chi connectivity index (χ4v) is 2.54. The number of carbonyl (C=O) groups excluding carboxylic acids is 1. The fourth-order valence-electron chi connectivity index (χ4n) is 2.24. The second-order valence-corrected chi connectivity index (χ2v) is 5.17. The summed E-state index contributed by atoms with van der Waals surface area (Å²) in [6, 6.07) is 6.13. The highest BCUT2D eigenvalue weighted by atomic mass is 79.9. The van der Waals surface area contributed by atoms with E-state index in [-0.39, 0.29) is 16.5 Å². The average molecular weight is 349 g/mol. The summed E-state index contributed by atoms with van der Waals surface area (Å²) < 4.78 is 10.4. The highest BCUT2D eigenvalue weighted by Crippen LogP contribution is 2.26. The Balaban J connectivity index is 2.51. The van der Waals surface area contributed by atoms with Crippen molar-refractivity contribution in [1.29, 1.82) is 0 Å². The first kappa shape index (κ1) is 13.8. The first-order valence-electron chi connectivity index (χ1n) is 6.12. The van der Waals surface area contributed by atoms with Gasteiger partial charge in [-0.05, 0) is 30.7 Å². The number of hydrogen-bond donors (Lipinski definition) is 0. The minimum atomic E-state index is -0.707. The lowest BCUT2D eigenvalue weighted by molar-refractivity contribution is 0.102. The van der Waals surface area contributed by atoms with Gasteiger partial charge < -0.3 is 8.83 Å². The van der Waals surface area contributed by atoms with Crippen molar-refractivity contribution >= 4 is 43.7 Å². The third-order valence-corrected chi connectivity index (χ3v) is 3.76. The van der Waals surface area contributed by atoms with Crippen LogP contribution in [0.5, 0.6) is 0 Å². The number of Topliss-reactive ketones (excluding diaryl/α,β-unsaturated/α-hetero) is 1. The number of rotatable bonds is 2. The molecule has 2 heterocycles. The van der Waals surface area contributed by atoms with Crippen LogP contribution in [0.2, 0.25) is 0 Å². The number of fused-ring (bicyclic) bond motifs is 3. The molecule has 0 saturated carbocycles. The molecular weight excluding hydrogens is 340 g/mol. The van der Waals surface area contributed by atoms with Gasteiger partial charge in [0, 0.05) is 11.5 Å². The first-order chi connectivity index (χ1) is 10.0. The molecule has 0 amide bonds. The van der Waals surface area contributed by atoms with Crippen molar-refractivity contribution in [2.24, 2.45) is 0 Å². The van der Waals surface area contributed by atoms with Crippen LogP contribution in [0.15, 0.2) is 42.7 Å². The van der Waals surface area contributed by atoms with E-state index in [0.717, 1.165) is 10.9 Å². The van der Waals surface area contributed by atoms with Crippen LogP contribution in [-0.4, -0.2) is 11.1 Å². The summed E-state index contributed by atoms with van der Waals surface area (Å²) in [4.78, 5) is 35.1. The molecule has 3 rings (SSSR count). The van der Waals surface area contributed by atoms with Crippen LogP contribution in [0.1, 0.15) is 15.9 Å². The Morgan fingerprint density at radius 2 is 1.90 bits per heavy atom. The second kappa shape index (κ2) is 4.96. The van der Waals surface area contributed by atoms with Crippen LogP contribution in [0.3, 0.4) is 0 Å². The number of aryl methyl sites for hydroxylation is 1. The van der Waals surface area contributed by atoms with Crippen molar-refractivity contribution < 1.29 is 13.6 Å². The monoisotopic (exact) mass is 348 g/mol. The van der Waals surface area contributed by atoms with E-state index in [1.165, 1.54) is 12.1 Å². The topological polar surface area (TPSA) is 77.5 Å². The summed E-state index contributed by atoms with van der Waals surface area (Å²) in [5, 5.41) is 1.17. The molecule has 0 bridgehead atoms. The first-order valence-corrected chi connectivity index (χ1v) is 7.24. The molecule has 0 atom stereocenters. The van der Waals surface area contributed by atoms with Crippen molar-refractivity contribution in [3.05, 3.63) is 56.2 Å². The number of carbonyl (C=O) groups is 1. The molecule has 106 valence electrons. The predicted molar refractivity (Wildman–Crippen MR) is 81.4 cm³/mol. The van der Waals surface area contributed by atoms with Gasteiger partial charge in [-0.3, -0.25) is 4.79 Å². The predicted octanol–water partition coefficient (Wildman–Crippen LogP) is 2.79. The van der Waals surface area contributed by atoms with Gasteiger partial charge in [0.2, 0.25) is 0 Å². The summed E-state index contributed by atoms with van der Waals surface area (Å²) in [6.07, 6.45) is 0. The van der Waals surface area contributed by atoms with Gasteiger partial charge in [-0.15, -0.1) is 0 Å². The van der Waals surface area contributed by atoms with E-state index in [0.29, 0.717) is 11.0 Å². The standard InChI is InChI=1S/C15H9BrO5/c1-7-4-13(18)21-14-8(7)2-3-12-10(14)5-9(11(17)6-16)15(19)20-12/h2-5H,6H2,1H3. The minimum absolute atomic E-state index is 0.0109. The Labute approximate surface area is 126 Å². The normalized spacial score (nSPS) is 11.1. The molecule has 0 radical (unpaired) electrons. The quantitative estimate of drug-likeness (QED) is 0.308. The smallest absolute Gasteiger partial charge is 0.347 e. The van der Waals surface area contributed by atoms with Crippen LogP contribution in [0.4, 0.5) is 0 Å². The third-order valence-electron chi connectivity index (χ3n) is 3.25. The van der Waals surface area contributed by atoms with E-state index in [2.05, 4.69) is 15.9 Å². The van der Waals surface area contributed by atoms with Gasteiger partial charge in [0.25, 0.3) is 0 Å². The zero-order chi connectivity index (χ0) is 15.1. The number of benzene rings is 1. The van der Waals surface area contributed by atoms with E-state index in [4.69, 9.17) is 8.83 Å². The van der Waals surface area contributed by atoms with Crippen molar-refractivity contribution in [3.8, 4) is 0 Å². The Morgan fingerprint density at radius 1 is 1.14 bits per heavy atom. The number of hydrogen-bond acceptors (Lipinski definition) is 5. The Kier molecular flexibility index (Phi) is 3.25. The molecular formula is C15H9BrO5. The van der Waals surface area contributed by atoms with Gasteiger partial charge in [-0.2, -0.15) is 0 Å². The van der Waals surface area contributed by atoms with Crippen LogP contribution in [0.25, 0.3) is 21.9 Å². The maximum atomic E-state index is 11.8. The molecule has 2 aromatic heterocycles. The summed E-state index contributed by atoms with van der Waals surface area (Å²) in [6.45, 7) is 1.79. The van der Waals surface area contributed by atoms with Gasteiger partial charge in [0.15, 0.2) is 5.78 Å². The molecule has 1 aromatic carbocycles. The zero-order valence-corrected chi connectivity index (χ0v) is 12.5. The fraction of sp³-hybridized carbons (Fsp3) is 0.133. The van der Waals surface area contributed by atoms with Crippen LogP contribution in [0, 0.1) is 6.92 Å². The maximum absolute atomic E-state index is 11.8. The van der Waals surface area contributed by atoms with Gasteiger partial charge >= 0.3 is 11.3 Å². The lowest BCUT2D eigenvalue weighted by Gasteiger charge is -2.05. The van der Waals surface area contributed by atoms with Crippen molar-refractivity contribution in [1.82, 2.24) is 0 Å². The van der Waals surface area contributed by atoms with Crippen molar-refractivity contribution in [3.63, 3.8) is 0 Å². The van der Waals surface area contributed by atoms with Gasteiger partial charge in [-0.1, -0.05) is 15.9 Å². The Bertz CT molecular complexity index is 997. The Morgan fingerprint density at radius 3 is 2.62 bits per heavy atom. The van der Waals surface area contributed by atoms with E-state index in [9.17, 15) is 14.4 Å². The molecule has 0 aliphatic carbocycles. The summed E-state index contributed by atoms with van der Waals surface area (Å²) in [5.74, 6) is -0.391. The molecule has 6 heteroatoms. The molecule has 0 spiro atoms. The number of alkyl halides is 1. The van der Waals surface area contributed by atoms with E-state index in [1.54, 1.807) is 19.1 Å². The van der Waals surface area contributed by atoms with Gasteiger partial charge in [-0.25, -0.2) is 9.59 Å². The molecule has 3 aromatic rings. The minimum Gasteiger partial charge on any atom is -0.422 e. The van der Waals surface area contributed by atoms with E-state index < -0.39 is 17.0 Å². The lowest BCUT2D eigenvalue weighted by atomic mass is 10.1. The molecule has 0 unspecified atom stereocenters. The average Bonchev–Trinajstić information content (AvgIpc) is 2.45. The van der Waals surface area contributed by atoms with Gasteiger partial charge in [0.05, 0.1) is 10.7 Å². The van der Waals surface area contributed by atoms with Crippen molar-refractivity contribution in [2.75, 3.05) is 5.33 Å². The highest BCUT2D eigenvalue weighted by Gasteiger charge is 2.15. The lowest BCUT2D eigenvalue weighted by Crippen LogP contribution is -2.14. The molecule has 0 aliphatic rings. The molecule has 0 fully saturated rings. The highest BCUT2D eigenvalue weighted by molar-refractivity contribution is 9.09. The third kappa shape index (κ3) is 2.21. The number of halogens is 1. The van der Waals surface area contributed by atoms with E-state index in [1.807, 2.05) is 0 Å². The summed E-state index contributed by atoms with van der Waals surface area (Å²) in [5.41, 5.74) is 0.0596. The summed E-state index contributed by atoms with van der Waals surface area (Å²) in [7, 11) is 0. The second-order valence-electron chi connectivity index (χ2n) is 4.61. The van der Waals surface area contributed by atoms with Gasteiger partial charge in [0.1, 0.15) is 16.7 Å². The Hall–Kier alpha value is -2.21. The number of ketones is 1. The van der Waals surface area contributed by atoms with E-state index >= 15 is 0 Å². The SMILES string of the molecule is Cc1cc(=O)oc2c1ccc1oc(=O)c(C(=O)CBr)cc12. The molecule has 0 saturated heterocycles. The largest absolute Gasteiger partial charge is 0.422 e. The van der Waals surface area contributed by atoms with Crippen LogP contribution in [-0.2, 0) is 0 Å². The van der Waals surface area contributed by atoms with Crippen molar-refractivity contribution in [2.45, 2.75) is 6.92 Å². The molecule has 21 heavy (non-hydrogen) atoms. The zero-order valence-electron chi connectivity index (χ0n) is 10.9.